The topological polar surface area (TPSA) is 76.1 Å². The van der Waals surface area contributed by atoms with Crippen molar-refractivity contribution in [3.63, 3.8) is 0 Å². The van der Waals surface area contributed by atoms with Crippen molar-refractivity contribution >= 4 is 17.4 Å². The number of aliphatic hydroxyl groups is 1. The zero-order chi connectivity index (χ0) is 24.4. The Morgan fingerprint density at radius 1 is 1.00 bits per heavy atom. The number of Topliss-reactive ketones (excluding diaryl/α,β-unsaturated/α-hetero) is 1. The first-order chi connectivity index (χ1) is 16.4. The quantitative estimate of drug-likeness (QED) is 0.344. The summed E-state index contributed by atoms with van der Waals surface area (Å²) >= 11 is 0. The van der Waals surface area contributed by atoms with Gasteiger partial charge in [-0.2, -0.15) is 0 Å². The summed E-state index contributed by atoms with van der Waals surface area (Å²) in [7, 11) is 3.20. The number of carbonyl (C=O) groups is 2. The SMILES string of the molecule is COc1cccc(C2/C(=C(/O)c3ccc(OC)c(C(C)C)c3)C(=O)C(=O)N2C2CCCCC2)c1. The zero-order valence-corrected chi connectivity index (χ0v) is 20.3. The van der Waals surface area contributed by atoms with Crippen LogP contribution in [-0.4, -0.2) is 42.0 Å². The van der Waals surface area contributed by atoms with E-state index in [-0.39, 0.29) is 23.3 Å². The minimum atomic E-state index is -0.664. The van der Waals surface area contributed by atoms with Gasteiger partial charge >= 0.3 is 0 Å². The van der Waals surface area contributed by atoms with E-state index < -0.39 is 17.7 Å². The summed E-state index contributed by atoms with van der Waals surface area (Å²) in [6, 6.07) is 12.1. The lowest BCUT2D eigenvalue weighted by molar-refractivity contribution is -0.141. The largest absolute Gasteiger partial charge is 0.507 e. The molecule has 1 saturated carbocycles. The summed E-state index contributed by atoms with van der Waals surface area (Å²) in [6.07, 6.45) is 4.89. The van der Waals surface area contributed by atoms with Gasteiger partial charge in [-0.25, -0.2) is 0 Å². The van der Waals surface area contributed by atoms with Gasteiger partial charge in [0.15, 0.2) is 0 Å². The summed E-state index contributed by atoms with van der Waals surface area (Å²) in [5.41, 5.74) is 2.30. The number of likely N-dealkylation sites (tertiary alicyclic amines) is 1. The van der Waals surface area contributed by atoms with Crippen LogP contribution in [0.15, 0.2) is 48.0 Å². The number of amides is 1. The molecule has 1 heterocycles. The molecule has 6 nitrogen and oxygen atoms in total. The number of nitrogens with zero attached hydrogens (tertiary/aromatic N) is 1. The van der Waals surface area contributed by atoms with Crippen LogP contribution < -0.4 is 9.47 Å². The molecule has 2 aromatic carbocycles. The molecule has 34 heavy (non-hydrogen) atoms. The van der Waals surface area contributed by atoms with Crippen LogP contribution >= 0.6 is 0 Å². The van der Waals surface area contributed by atoms with Crippen LogP contribution in [-0.2, 0) is 9.59 Å². The maximum absolute atomic E-state index is 13.4. The highest BCUT2D eigenvalue weighted by atomic mass is 16.5. The molecule has 1 aliphatic heterocycles. The van der Waals surface area contributed by atoms with E-state index in [0.717, 1.165) is 49.0 Å². The van der Waals surface area contributed by atoms with Crippen molar-refractivity contribution in [3.8, 4) is 11.5 Å². The Hall–Kier alpha value is -3.28. The molecule has 1 aliphatic carbocycles. The normalized spacial score (nSPS) is 20.7. The molecule has 0 aromatic heterocycles. The van der Waals surface area contributed by atoms with Crippen LogP contribution in [0.2, 0.25) is 0 Å². The Morgan fingerprint density at radius 2 is 1.74 bits per heavy atom. The Kier molecular flexibility index (Phi) is 6.96. The number of benzene rings is 2. The second kappa shape index (κ2) is 9.92. The van der Waals surface area contributed by atoms with Gasteiger partial charge in [-0.15, -0.1) is 0 Å². The zero-order valence-electron chi connectivity index (χ0n) is 20.3. The van der Waals surface area contributed by atoms with E-state index >= 15 is 0 Å². The number of rotatable bonds is 6. The van der Waals surface area contributed by atoms with Crippen LogP contribution in [0.3, 0.4) is 0 Å². The highest BCUT2D eigenvalue weighted by Gasteiger charge is 2.49. The van der Waals surface area contributed by atoms with Gasteiger partial charge in [-0.05, 0) is 60.2 Å². The summed E-state index contributed by atoms with van der Waals surface area (Å²) < 4.78 is 10.9. The summed E-state index contributed by atoms with van der Waals surface area (Å²) in [5, 5.41) is 11.5. The number of ether oxygens (including phenoxy) is 2. The summed E-state index contributed by atoms with van der Waals surface area (Å²) in [6.45, 7) is 4.08. The van der Waals surface area contributed by atoms with Crippen molar-refractivity contribution < 1.29 is 24.2 Å². The third-order valence-corrected chi connectivity index (χ3v) is 6.98. The number of ketones is 1. The molecule has 0 radical (unpaired) electrons. The third kappa shape index (κ3) is 4.29. The van der Waals surface area contributed by atoms with Crippen LogP contribution in [0.1, 0.15) is 74.6 Å². The molecule has 4 rings (SSSR count). The minimum Gasteiger partial charge on any atom is -0.507 e. The van der Waals surface area contributed by atoms with Gasteiger partial charge in [0.2, 0.25) is 0 Å². The number of hydrogen-bond donors (Lipinski definition) is 1. The summed E-state index contributed by atoms with van der Waals surface area (Å²) in [5.74, 6) is 0.170. The fraction of sp³-hybridized carbons (Fsp3) is 0.429. The van der Waals surface area contributed by atoms with E-state index in [4.69, 9.17) is 9.47 Å². The van der Waals surface area contributed by atoms with E-state index in [1.54, 1.807) is 31.3 Å². The molecule has 1 amide bonds. The lowest BCUT2D eigenvalue weighted by Crippen LogP contribution is -2.40. The molecule has 6 heteroatoms. The average molecular weight is 464 g/mol. The van der Waals surface area contributed by atoms with Gasteiger partial charge in [0.1, 0.15) is 17.3 Å². The van der Waals surface area contributed by atoms with Crippen molar-refractivity contribution in [1.82, 2.24) is 4.90 Å². The van der Waals surface area contributed by atoms with Gasteiger partial charge < -0.3 is 19.5 Å². The molecule has 180 valence electrons. The molecule has 1 atom stereocenters. The highest BCUT2D eigenvalue weighted by Crippen LogP contribution is 2.44. The monoisotopic (exact) mass is 463 g/mol. The van der Waals surface area contributed by atoms with E-state index in [9.17, 15) is 14.7 Å². The average Bonchev–Trinajstić information content (AvgIpc) is 3.13. The Balaban J connectivity index is 1.89. The molecule has 0 spiro atoms. The van der Waals surface area contributed by atoms with E-state index in [0.29, 0.717) is 11.3 Å². The first-order valence-corrected chi connectivity index (χ1v) is 12.0. The predicted molar refractivity (Wildman–Crippen MR) is 131 cm³/mol. The smallest absolute Gasteiger partial charge is 0.295 e. The number of methoxy groups -OCH3 is 2. The minimum absolute atomic E-state index is 0.0335. The molecule has 2 aromatic rings. The Morgan fingerprint density at radius 3 is 2.38 bits per heavy atom. The van der Waals surface area contributed by atoms with E-state index in [2.05, 4.69) is 0 Å². The Labute approximate surface area is 201 Å². The van der Waals surface area contributed by atoms with E-state index in [1.165, 1.54) is 0 Å². The molecule has 1 saturated heterocycles. The van der Waals surface area contributed by atoms with Gasteiger partial charge in [0, 0.05) is 11.6 Å². The van der Waals surface area contributed by atoms with Gasteiger partial charge in [-0.1, -0.05) is 45.2 Å². The van der Waals surface area contributed by atoms with Crippen molar-refractivity contribution in [2.45, 2.75) is 64.0 Å². The van der Waals surface area contributed by atoms with Crippen molar-refractivity contribution in [2.24, 2.45) is 0 Å². The fourth-order valence-electron chi connectivity index (χ4n) is 5.21. The van der Waals surface area contributed by atoms with E-state index in [1.807, 2.05) is 44.2 Å². The molecule has 1 unspecified atom stereocenters. The lowest BCUT2D eigenvalue weighted by Gasteiger charge is -2.35. The molecule has 2 fully saturated rings. The maximum Gasteiger partial charge on any atom is 0.295 e. The lowest BCUT2D eigenvalue weighted by atomic mass is 9.90. The van der Waals surface area contributed by atoms with Gasteiger partial charge in [0.25, 0.3) is 11.7 Å². The first kappa shape index (κ1) is 23.9. The van der Waals surface area contributed by atoms with Gasteiger partial charge in [0.05, 0.1) is 25.8 Å². The van der Waals surface area contributed by atoms with Crippen LogP contribution in [0.5, 0.6) is 11.5 Å². The Bertz CT molecular complexity index is 1110. The number of carbonyl (C=O) groups excluding carboxylic acids is 2. The second-order valence-electron chi connectivity index (χ2n) is 9.39. The fourth-order valence-corrected chi connectivity index (χ4v) is 5.21. The van der Waals surface area contributed by atoms with Crippen molar-refractivity contribution in [3.05, 3.63) is 64.7 Å². The molecular formula is C28H33NO5. The highest BCUT2D eigenvalue weighted by molar-refractivity contribution is 6.46. The predicted octanol–water partition coefficient (Wildman–Crippen LogP) is 5.58. The summed E-state index contributed by atoms with van der Waals surface area (Å²) in [4.78, 5) is 28.4. The van der Waals surface area contributed by atoms with Crippen molar-refractivity contribution in [2.75, 3.05) is 14.2 Å². The van der Waals surface area contributed by atoms with Crippen LogP contribution in [0, 0.1) is 0 Å². The first-order valence-electron chi connectivity index (χ1n) is 12.0. The van der Waals surface area contributed by atoms with Crippen LogP contribution in [0.25, 0.3) is 5.76 Å². The molecule has 0 bridgehead atoms. The molecule has 1 N–H and O–H groups in total. The molecule has 2 aliphatic rings. The van der Waals surface area contributed by atoms with Crippen LogP contribution in [0.4, 0.5) is 0 Å². The third-order valence-electron chi connectivity index (χ3n) is 6.98. The second-order valence-corrected chi connectivity index (χ2v) is 9.39. The number of hydrogen-bond acceptors (Lipinski definition) is 5. The van der Waals surface area contributed by atoms with Crippen molar-refractivity contribution in [1.29, 1.82) is 0 Å². The maximum atomic E-state index is 13.4. The standard InChI is InChI=1S/C28H33NO5/c1-17(2)22-16-19(13-14-23(22)34-4)26(30)24-25(18-9-8-12-21(15-18)33-3)29(28(32)27(24)31)20-10-6-5-7-11-20/h8-9,12-17,20,25,30H,5-7,10-11H2,1-4H3/b26-24-. The number of aliphatic hydroxyl groups excluding tert-OH is 1. The van der Waals surface area contributed by atoms with Gasteiger partial charge in [-0.3, -0.25) is 9.59 Å². The molecular weight excluding hydrogens is 430 g/mol.